The lowest BCUT2D eigenvalue weighted by Crippen LogP contribution is -2.39. The highest BCUT2D eigenvalue weighted by Gasteiger charge is 2.46. The van der Waals surface area contributed by atoms with Crippen molar-refractivity contribution in [3.05, 3.63) is 64.3 Å². The van der Waals surface area contributed by atoms with Crippen molar-refractivity contribution in [1.29, 1.82) is 0 Å². The number of halogens is 4. The molecule has 0 unspecified atom stereocenters. The Morgan fingerprint density at radius 3 is 2.73 bits per heavy atom. The molecule has 3 aromatic rings. The van der Waals surface area contributed by atoms with Crippen molar-refractivity contribution in [2.24, 2.45) is 0 Å². The first-order valence-electron chi connectivity index (χ1n) is 11.5. The molecule has 1 atom stereocenters. The van der Waals surface area contributed by atoms with Gasteiger partial charge in [0.15, 0.2) is 5.13 Å². The molecule has 0 bridgehead atoms. The fourth-order valence-electron chi connectivity index (χ4n) is 4.17. The van der Waals surface area contributed by atoms with E-state index >= 15 is 0 Å². The minimum atomic E-state index is -3.33. The second-order valence-electron chi connectivity index (χ2n) is 8.84. The van der Waals surface area contributed by atoms with Gasteiger partial charge in [0.25, 0.3) is 12.3 Å². The average Bonchev–Trinajstić information content (AvgIpc) is 3.29. The van der Waals surface area contributed by atoms with Crippen LogP contribution in [0.1, 0.15) is 27.9 Å². The number of amides is 2. The monoisotopic (exact) mass is 534 g/mol. The summed E-state index contributed by atoms with van der Waals surface area (Å²) in [6.07, 6.45) is -2.27. The Morgan fingerprint density at radius 2 is 2.00 bits per heavy atom. The number of ether oxygens (including phenoxy) is 1. The summed E-state index contributed by atoms with van der Waals surface area (Å²) < 4.78 is 60.6. The van der Waals surface area contributed by atoms with E-state index in [2.05, 4.69) is 20.5 Å². The standard InChI is InChI=1S/C25H22F4N4O3S/c26-17-6-16(7-18(9-17)33-4-1-5-33)20-12-37-24(31-20)32-21(34)10-30-22(35)14-2-3-15-11-36-13-25(29,23(27)28)19(15)8-14/h2-3,6-9,12,23H,1,4-5,10-11,13H2,(H,30,35)(H,31,32,34)/t25-/m1/s1. The molecule has 3 heterocycles. The van der Waals surface area contributed by atoms with Crippen LogP contribution in [0.4, 0.5) is 28.4 Å². The number of hydrogen-bond donors (Lipinski definition) is 2. The number of nitrogens with zero attached hydrogens (tertiary/aromatic N) is 2. The number of fused-ring (bicyclic) bond motifs is 1. The zero-order chi connectivity index (χ0) is 26.2. The molecular weight excluding hydrogens is 512 g/mol. The molecule has 1 saturated heterocycles. The predicted molar refractivity (Wildman–Crippen MR) is 130 cm³/mol. The Morgan fingerprint density at radius 1 is 1.19 bits per heavy atom. The van der Waals surface area contributed by atoms with E-state index in [0.29, 0.717) is 11.3 Å². The van der Waals surface area contributed by atoms with Crippen LogP contribution < -0.4 is 15.5 Å². The molecule has 2 amide bonds. The number of benzene rings is 2. The Balaban J connectivity index is 1.21. The van der Waals surface area contributed by atoms with Crippen LogP contribution in [0, 0.1) is 5.82 Å². The van der Waals surface area contributed by atoms with Gasteiger partial charge in [0.1, 0.15) is 5.82 Å². The number of alkyl halides is 3. The molecule has 37 heavy (non-hydrogen) atoms. The van der Waals surface area contributed by atoms with Gasteiger partial charge in [0.2, 0.25) is 11.6 Å². The molecule has 0 spiro atoms. The van der Waals surface area contributed by atoms with Crippen molar-refractivity contribution in [2.45, 2.75) is 25.1 Å². The fraction of sp³-hybridized carbons (Fsp3) is 0.320. The fourth-order valence-corrected chi connectivity index (χ4v) is 4.90. The number of carbonyl (C=O) groups excluding carboxylic acids is 2. The number of nitrogens with one attached hydrogen (secondary N) is 2. The van der Waals surface area contributed by atoms with Crippen LogP contribution >= 0.6 is 11.3 Å². The predicted octanol–water partition coefficient (Wildman–Crippen LogP) is 4.49. The van der Waals surface area contributed by atoms with Gasteiger partial charge in [0, 0.05) is 40.8 Å². The number of carbonyl (C=O) groups is 2. The molecule has 0 saturated carbocycles. The summed E-state index contributed by atoms with van der Waals surface area (Å²) in [5.41, 5.74) is -1.28. The smallest absolute Gasteiger partial charge is 0.278 e. The van der Waals surface area contributed by atoms with E-state index in [0.717, 1.165) is 42.6 Å². The Kier molecular flexibility index (Phi) is 6.86. The highest BCUT2D eigenvalue weighted by Crippen LogP contribution is 2.39. The van der Waals surface area contributed by atoms with Gasteiger partial charge in [-0.15, -0.1) is 11.3 Å². The lowest BCUT2D eigenvalue weighted by Gasteiger charge is -2.33. The van der Waals surface area contributed by atoms with E-state index in [-0.39, 0.29) is 34.2 Å². The zero-order valence-electron chi connectivity index (χ0n) is 19.4. The highest BCUT2D eigenvalue weighted by molar-refractivity contribution is 7.14. The van der Waals surface area contributed by atoms with Gasteiger partial charge in [-0.2, -0.15) is 0 Å². The minimum absolute atomic E-state index is 0.0387. The third kappa shape index (κ3) is 5.16. The van der Waals surface area contributed by atoms with Crippen molar-refractivity contribution < 1.29 is 31.9 Å². The van der Waals surface area contributed by atoms with Gasteiger partial charge in [-0.05, 0) is 42.3 Å². The second kappa shape index (κ2) is 10.1. The van der Waals surface area contributed by atoms with Gasteiger partial charge in [-0.3, -0.25) is 9.59 Å². The molecular formula is C25H22F4N4O3S. The molecule has 1 aromatic heterocycles. The van der Waals surface area contributed by atoms with E-state index in [1.807, 2.05) is 6.07 Å². The van der Waals surface area contributed by atoms with Crippen molar-refractivity contribution in [2.75, 3.05) is 36.5 Å². The average molecular weight is 535 g/mol. The number of hydrogen-bond acceptors (Lipinski definition) is 6. The van der Waals surface area contributed by atoms with Gasteiger partial charge < -0.3 is 20.3 Å². The Labute approximate surface area is 213 Å². The summed E-state index contributed by atoms with van der Waals surface area (Å²) in [7, 11) is 0. The van der Waals surface area contributed by atoms with Crippen LogP contribution in [0.15, 0.2) is 41.8 Å². The van der Waals surface area contributed by atoms with Gasteiger partial charge in [-0.25, -0.2) is 22.5 Å². The molecule has 2 aliphatic rings. The first-order chi connectivity index (χ1) is 17.7. The molecule has 2 N–H and O–H groups in total. The first kappa shape index (κ1) is 25.2. The zero-order valence-corrected chi connectivity index (χ0v) is 20.2. The summed E-state index contributed by atoms with van der Waals surface area (Å²) in [5, 5.41) is 6.90. The van der Waals surface area contributed by atoms with Crippen LogP contribution in [0.2, 0.25) is 0 Å². The number of thiazole rings is 1. The third-order valence-electron chi connectivity index (χ3n) is 6.29. The maximum Gasteiger partial charge on any atom is 0.278 e. The van der Waals surface area contributed by atoms with Crippen LogP contribution in [-0.2, 0) is 21.8 Å². The van der Waals surface area contributed by atoms with Crippen LogP contribution in [-0.4, -0.2) is 49.5 Å². The van der Waals surface area contributed by atoms with Gasteiger partial charge in [-0.1, -0.05) is 6.07 Å². The summed E-state index contributed by atoms with van der Waals surface area (Å²) >= 11 is 1.14. The van der Waals surface area contributed by atoms with E-state index < -0.39 is 37.1 Å². The largest absolute Gasteiger partial charge is 0.373 e. The topological polar surface area (TPSA) is 83.6 Å². The van der Waals surface area contributed by atoms with E-state index in [1.54, 1.807) is 5.38 Å². The lowest BCUT2D eigenvalue weighted by molar-refractivity contribution is -0.115. The van der Waals surface area contributed by atoms with Crippen LogP contribution in [0.25, 0.3) is 11.3 Å². The number of anilines is 2. The van der Waals surface area contributed by atoms with E-state index in [1.165, 1.54) is 24.3 Å². The maximum atomic E-state index is 14.8. The molecule has 2 aromatic carbocycles. The van der Waals surface area contributed by atoms with Crippen molar-refractivity contribution in [3.8, 4) is 11.3 Å². The summed E-state index contributed by atoms with van der Waals surface area (Å²) in [5.74, 6) is -1.68. The lowest BCUT2D eigenvalue weighted by atomic mass is 9.89. The summed E-state index contributed by atoms with van der Waals surface area (Å²) in [4.78, 5) is 31.3. The van der Waals surface area contributed by atoms with Crippen LogP contribution in [0.3, 0.4) is 0 Å². The highest BCUT2D eigenvalue weighted by atomic mass is 32.1. The normalized spacial score (nSPS) is 18.8. The van der Waals surface area contributed by atoms with Gasteiger partial charge in [0.05, 0.1) is 25.5 Å². The van der Waals surface area contributed by atoms with E-state index in [9.17, 15) is 27.2 Å². The molecule has 2 aliphatic heterocycles. The maximum absolute atomic E-state index is 14.8. The third-order valence-corrected chi connectivity index (χ3v) is 7.05. The van der Waals surface area contributed by atoms with Crippen molar-refractivity contribution in [3.63, 3.8) is 0 Å². The van der Waals surface area contributed by atoms with Crippen LogP contribution in [0.5, 0.6) is 0 Å². The molecule has 0 radical (unpaired) electrons. The summed E-state index contributed by atoms with van der Waals surface area (Å²) in [6.45, 7) is 0.462. The molecule has 5 rings (SSSR count). The van der Waals surface area contributed by atoms with Gasteiger partial charge >= 0.3 is 0 Å². The molecule has 12 heteroatoms. The second-order valence-corrected chi connectivity index (χ2v) is 9.69. The van der Waals surface area contributed by atoms with E-state index in [4.69, 9.17) is 4.74 Å². The Hall–Kier alpha value is -3.51. The first-order valence-corrected chi connectivity index (χ1v) is 12.4. The molecule has 194 valence electrons. The molecule has 1 fully saturated rings. The molecule has 0 aliphatic carbocycles. The quantitative estimate of drug-likeness (QED) is 0.437. The van der Waals surface area contributed by atoms with Crippen molar-refractivity contribution >= 4 is 34.0 Å². The minimum Gasteiger partial charge on any atom is -0.373 e. The number of aromatic nitrogens is 1. The van der Waals surface area contributed by atoms with Crippen molar-refractivity contribution in [1.82, 2.24) is 10.3 Å². The number of rotatable bonds is 7. The summed E-state index contributed by atoms with van der Waals surface area (Å²) in [6, 6.07) is 8.46. The SMILES string of the molecule is O=C(CNC(=O)c1ccc2c(c1)[C@@](F)(C(F)F)COC2)Nc1nc(-c2cc(F)cc(N3CCC3)c2)cs1. The Bertz CT molecular complexity index is 1350. The molecule has 7 nitrogen and oxygen atoms in total.